The highest BCUT2D eigenvalue weighted by molar-refractivity contribution is 6.47. The molecule has 10 heavy (non-hydrogen) atoms. The lowest BCUT2D eigenvalue weighted by atomic mass is 10.2. The zero-order valence-electron chi connectivity index (χ0n) is 6.93. The molecule has 0 aliphatic carbocycles. The average molecular weight is 177 g/mol. The Morgan fingerprint density at radius 3 is 2.60 bits per heavy atom. The molecule has 1 radical (unpaired) electrons. The maximum absolute atomic E-state index is 10.8. The van der Waals surface area contributed by atoms with Gasteiger partial charge in [-0.3, -0.25) is 4.80 Å². The summed E-state index contributed by atoms with van der Waals surface area (Å²) in [6.07, 6.45) is 4.82. The Hall–Kier alpha value is 0.354. The van der Waals surface area contributed by atoms with Crippen molar-refractivity contribution in [3.63, 3.8) is 0 Å². The lowest BCUT2D eigenvalue weighted by Gasteiger charge is -2.02. The number of hydrogen-bond donors (Lipinski definition) is 0. The topological polar surface area (TPSA) is 29.1 Å². The summed E-state index contributed by atoms with van der Waals surface area (Å²) >= 11 is 0. The SMILES string of the molecule is CCCCCC[SiH]([O])O[SiH3]. The van der Waals surface area contributed by atoms with Crippen LogP contribution >= 0.6 is 0 Å². The van der Waals surface area contributed by atoms with Crippen LogP contribution in [0.25, 0.3) is 0 Å². The van der Waals surface area contributed by atoms with Crippen LogP contribution in [0, 0.1) is 0 Å². The monoisotopic (exact) mass is 177 g/mol. The van der Waals surface area contributed by atoms with Gasteiger partial charge < -0.3 is 4.12 Å². The fourth-order valence-electron chi connectivity index (χ4n) is 0.856. The largest absolute Gasteiger partial charge is 0.445 e. The van der Waals surface area contributed by atoms with Crippen molar-refractivity contribution in [3.05, 3.63) is 0 Å². The summed E-state index contributed by atoms with van der Waals surface area (Å²) in [6, 6.07) is 0.837. The van der Waals surface area contributed by atoms with Crippen LogP contribution in [0.5, 0.6) is 0 Å². The third kappa shape index (κ3) is 6.47. The molecule has 0 aliphatic heterocycles. The molecule has 0 spiro atoms. The lowest BCUT2D eigenvalue weighted by Crippen LogP contribution is -2.12. The Bertz CT molecular complexity index is 70.8. The number of rotatable bonds is 6. The van der Waals surface area contributed by atoms with Gasteiger partial charge in [-0.05, 0) is 6.04 Å². The standard InChI is InChI=1S/C6H17O2Si2/c1-2-3-4-5-6-10(7)8-9/h10H,2-6H2,1,9H3. The first-order valence-corrected chi connectivity index (χ1v) is 6.57. The van der Waals surface area contributed by atoms with E-state index in [9.17, 15) is 4.80 Å². The summed E-state index contributed by atoms with van der Waals surface area (Å²) < 4.78 is 4.85. The molecule has 0 aromatic heterocycles. The fraction of sp³-hybridized carbons (Fsp3) is 1.00. The zero-order valence-corrected chi connectivity index (χ0v) is 10.1. The second-order valence-electron chi connectivity index (χ2n) is 2.51. The third-order valence-corrected chi connectivity index (χ3v) is 4.54. The van der Waals surface area contributed by atoms with Gasteiger partial charge in [0.25, 0.3) is 0 Å². The van der Waals surface area contributed by atoms with Gasteiger partial charge >= 0.3 is 9.28 Å². The van der Waals surface area contributed by atoms with Crippen LogP contribution in [0.15, 0.2) is 0 Å². The molecular formula is C6H17O2Si2. The van der Waals surface area contributed by atoms with E-state index in [2.05, 4.69) is 6.92 Å². The fourth-order valence-corrected chi connectivity index (χ4v) is 2.42. The second-order valence-corrected chi connectivity index (χ2v) is 5.84. The van der Waals surface area contributed by atoms with E-state index in [0.717, 1.165) is 12.5 Å². The maximum atomic E-state index is 10.8. The van der Waals surface area contributed by atoms with Gasteiger partial charge in [-0.25, -0.2) is 0 Å². The van der Waals surface area contributed by atoms with E-state index in [4.69, 9.17) is 4.12 Å². The van der Waals surface area contributed by atoms with Crippen molar-refractivity contribution in [1.29, 1.82) is 0 Å². The van der Waals surface area contributed by atoms with Crippen molar-refractivity contribution < 1.29 is 8.91 Å². The third-order valence-electron chi connectivity index (χ3n) is 1.56. The molecule has 2 nitrogen and oxygen atoms in total. The summed E-state index contributed by atoms with van der Waals surface area (Å²) in [7, 11) is -1.27. The van der Waals surface area contributed by atoms with Gasteiger partial charge in [0.2, 0.25) is 0 Å². The van der Waals surface area contributed by atoms with E-state index in [-0.39, 0.29) is 0 Å². The molecule has 0 N–H and O–H groups in total. The molecule has 4 heteroatoms. The highest BCUT2D eigenvalue weighted by Gasteiger charge is 2.05. The van der Waals surface area contributed by atoms with Gasteiger partial charge in [-0.15, -0.1) is 0 Å². The lowest BCUT2D eigenvalue weighted by molar-refractivity contribution is 0.352. The highest BCUT2D eigenvalue weighted by atomic mass is 28.3. The van der Waals surface area contributed by atoms with E-state index >= 15 is 0 Å². The predicted molar refractivity (Wildman–Crippen MR) is 47.8 cm³/mol. The molecule has 0 aromatic carbocycles. The van der Waals surface area contributed by atoms with Gasteiger partial charge in [0.15, 0.2) is 0 Å². The summed E-state index contributed by atoms with van der Waals surface area (Å²) in [6.45, 7) is 2.18. The van der Waals surface area contributed by atoms with E-state index in [0.29, 0.717) is 10.5 Å². The van der Waals surface area contributed by atoms with Gasteiger partial charge in [0.1, 0.15) is 10.5 Å². The highest BCUT2D eigenvalue weighted by Crippen LogP contribution is 2.04. The minimum Gasteiger partial charge on any atom is -0.445 e. The van der Waals surface area contributed by atoms with Gasteiger partial charge in [0.05, 0.1) is 0 Å². The van der Waals surface area contributed by atoms with E-state index in [1.807, 2.05) is 0 Å². The van der Waals surface area contributed by atoms with Crippen molar-refractivity contribution in [3.8, 4) is 0 Å². The van der Waals surface area contributed by atoms with Crippen molar-refractivity contribution >= 4 is 19.8 Å². The summed E-state index contributed by atoms with van der Waals surface area (Å²) in [5.74, 6) is 0. The van der Waals surface area contributed by atoms with E-state index < -0.39 is 9.28 Å². The molecular weight excluding hydrogens is 160 g/mol. The molecule has 0 aromatic rings. The normalized spacial score (nSPS) is 13.8. The van der Waals surface area contributed by atoms with Crippen LogP contribution < -0.4 is 0 Å². The molecule has 0 bridgehead atoms. The molecule has 61 valence electrons. The van der Waals surface area contributed by atoms with Gasteiger partial charge in [-0.2, -0.15) is 0 Å². The molecule has 0 amide bonds. The quantitative estimate of drug-likeness (QED) is 0.429. The maximum Gasteiger partial charge on any atom is 0.348 e. The smallest absolute Gasteiger partial charge is 0.348 e. The van der Waals surface area contributed by atoms with Gasteiger partial charge in [-0.1, -0.05) is 32.6 Å². The van der Waals surface area contributed by atoms with E-state index in [1.54, 1.807) is 0 Å². The van der Waals surface area contributed by atoms with Crippen molar-refractivity contribution in [1.82, 2.24) is 0 Å². The predicted octanol–water partition coefficient (Wildman–Crippen LogP) is 0.515. The molecule has 1 unspecified atom stereocenters. The van der Waals surface area contributed by atoms with Crippen LogP contribution in [-0.4, -0.2) is 19.8 Å². The Morgan fingerprint density at radius 1 is 1.40 bits per heavy atom. The van der Waals surface area contributed by atoms with Crippen molar-refractivity contribution in [2.45, 2.75) is 38.7 Å². The van der Waals surface area contributed by atoms with Crippen LogP contribution in [-0.2, 0) is 8.91 Å². The van der Waals surface area contributed by atoms with Crippen LogP contribution in [0.3, 0.4) is 0 Å². The molecule has 0 fully saturated rings. The molecule has 0 saturated heterocycles. The van der Waals surface area contributed by atoms with Crippen LogP contribution in [0.2, 0.25) is 6.04 Å². The van der Waals surface area contributed by atoms with Crippen LogP contribution in [0.4, 0.5) is 0 Å². The Balaban J connectivity index is 2.89. The summed E-state index contributed by atoms with van der Waals surface area (Å²) in [5.41, 5.74) is 0. The Morgan fingerprint density at radius 2 is 2.10 bits per heavy atom. The average Bonchev–Trinajstić information content (AvgIpc) is 1.98. The zero-order chi connectivity index (χ0) is 7.82. The van der Waals surface area contributed by atoms with Crippen molar-refractivity contribution in [2.24, 2.45) is 0 Å². The molecule has 1 atom stereocenters. The minimum absolute atomic E-state index is 0.641. The Labute approximate surface area is 68.0 Å². The number of hydrogen-bond acceptors (Lipinski definition) is 1. The molecule has 0 heterocycles. The summed E-state index contributed by atoms with van der Waals surface area (Å²) in [5, 5.41) is 0. The first-order chi connectivity index (χ1) is 4.81. The number of unbranched alkanes of at least 4 members (excludes halogenated alkanes) is 3. The second kappa shape index (κ2) is 7.46. The molecule has 0 rings (SSSR count). The molecule has 0 saturated carbocycles. The van der Waals surface area contributed by atoms with Crippen LogP contribution in [0.1, 0.15) is 32.6 Å². The first-order valence-electron chi connectivity index (χ1n) is 4.00. The summed E-state index contributed by atoms with van der Waals surface area (Å²) in [4.78, 5) is 10.8. The Kier molecular flexibility index (Phi) is 7.72. The van der Waals surface area contributed by atoms with E-state index in [1.165, 1.54) is 19.3 Å². The van der Waals surface area contributed by atoms with Gasteiger partial charge in [0, 0.05) is 0 Å². The first kappa shape index (κ1) is 10.4. The minimum atomic E-state index is -1.91. The van der Waals surface area contributed by atoms with Crippen molar-refractivity contribution in [2.75, 3.05) is 0 Å². The molecule has 0 aliphatic rings.